The molecular weight excluding hydrogens is 306 g/mol. The minimum absolute atomic E-state index is 0.150. The van der Waals surface area contributed by atoms with Gasteiger partial charge in [0.2, 0.25) is 0 Å². The summed E-state index contributed by atoms with van der Waals surface area (Å²) in [6.07, 6.45) is 0.971. The van der Waals surface area contributed by atoms with Crippen molar-refractivity contribution < 1.29 is 0 Å². The Hall–Kier alpha value is -0.770. The second-order valence-corrected chi connectivity index (χ2v) is 6.20. The molecule has 1 nitrogen and oxygen atoms in total. The zero-order valence-corrected chi connectivity index (χ0v) is 12.7. The van der Waals surface area contributed by atoms with Crippen molar-refractivity contribution in [2.75, 3.05) is 0 Å². The van der Waals surface area contributed by atoms with Gasteiger partial charge in [-0.2, -0.15) is 0 Å². The van der Waals surface area contributed by atoms with Crippen LogP contribution in [0.4, 0.5) is 0 Å². The van der Waals surface area contributed by atoms with Crippen molar-refractivity contribution in [3.05, 3.63) is 58.6 Å². The van der Waals surface area contributed by atoms with E-state index >= 15 is 0 Å². The van der Waals surface area contributed by atoms with Crippen molar-refractivity contribution in [1.29, 1.82) is 0 Å². The molecule has 0 spiro atoms. The second kappa shape index (κ2) is 6.41. The van der Waals surface area contributed by atoms with Crippen LogP contribution in [-0.4, -0.2) is 0 Å². The Kier molecular flexibility index (Phi) is 4.87. The van der Waals surface area contributed by atoms with Gasteiger partial charge in [0, 0.05) is 20.3 Å². The smallest absolute Gasteiger partial charge is 0.0292 e. The fraction of sp³-hybridized carbons (Fsp3) is 0.200. The minimum Gasteiger partial charge on any atom is -0.324 e. The maximum absolute atomic E-state index is 6.00. The van der Waals surface area contributed by atoms with Gasteiger partial charge in [-0.05, 0) is 48.4 Å². The molecule has 0 fully saturated rings. The van der Waals surface area contributed by atoms with Gasteiger partial charge < -0.3 is 5.73 Å². The maximum Gasteiger partial charge on any atom is 0.0292 e. The van der Waals surface area contributed by atoms with Crippen molar-refractivity contribution in [2.45, 2.75) is 29.2 Å². The largest absolute Gasteiger partial charge is 0.324 e. The van der Waals surface area contributed by atoms with Gasteiger partial charge >= 0.3 is 0 Å². The Balaban J connectivity index is 2.08. The number of benzene rings is 2. The average molecular weight is 322 g/mol. The first-order chi connectivity index (χ1) is 8.69. The lowest BCUT2D eigenvalue weighted by atomic mass is 10.1. The molecular formula is C15H16BrNS. The molecule has 0 radical (unpaired) electrons. The number of nitrogens with two attached hydrogens (primary N) is 1. The van der Waals surface area contributed by atoms with E-state index in [2.05, 4.69) is 71.4 Å². The zero-order valence-electron chi connectivity index (χ0n) is 10.3. The van der Waals surface area contributed by atoms with Crippen LogP contribution in [0, 0.1) is 0 Å². The van der Waals surface area contributed by atoms with Crippen molar-refractivity contribution in [3.63, 3.8) is 0 Å². The van der Waals surface area contributed by atoms with Gasteiger partial charge in [0.1, 0.15) is 0 Å². The first-order valence-corrected chi connectivity index (χ1v) is 7.59. The predicted octanol–water partition coefficient (Wildman–Crippen LogP) is 5.01. The quantitative estimate of drug-likeness (QED) is 0.856. The average Bonchev–Trinajstić information content (AvgIpc) is 2.41. The maximum atomic E-state index is 6.00. The Morgan fingerprint density at radius 3 is 2.00 bits per heavy atom. The zero-order chi connectivity index (χ0) is 13.0. The van der Waals surface area contributed by atoms with Crippen LogP contribution in [0.25, 0.3) is 0 Å². The molecule has 1 atom stereocenters. The molecule has 0 heterocycles. The summed E-state index contributed by atoms with van der Waals surface area (Å²) in [5, 5.41) is 0. The summed E-state index contributed by atoms with van der Waals surface area (Å²) in [6.45, 7) is 2.11. The molecule has 0 unspecified atom stereocenters. The topological polar surface area (TPSA) is 26.0 Å². The lowest BCUT2D eigenvalue weighted by Crippen LogP contribution is -2.07. The highest BCUT2D eigenvalue weighted by Crippen LogP contribution is 2.29. The molecule has 2 aromatic carbocycles. The van der Waals surface area contributed by atoms with Crippen molar-refractivity contribution in [2.24, 2.45) is 5.73 Å². The van der Waals surface area contributed by atoms with Gasteiger partial charge in [-0.25, -0.2) is 0 Å². The van der Waals surface area contributed by atoms with Gasteiger partial charge in [0.05, 0.1) is 0 Å². The molecule has 94 valence electrons. The Morgan fingerprint density at radius 1 is 1.00 bits per heavy atom. The second-order valence-electron chi connectivity index (χ2n) is 4.14. The molecule has 2 aromatic rings. The highest BCUT2D eigenvalue weighted by Gasteiger charge is 2.03. The van der Waals surface area contributed by atoms with Crippen molar-refractivity contribution in [3.8, 4) is 0 Å². The Morgan fingerprint density at radius 2 is 1.50 bits per heavy atom. The highest BCUT2D eigenvalue weighted by molar-refractivity contribution is 9.10. The highest BCUT2D eigenvalue weighted by atomic mass is 79.9. The summed E-state index contributed by atoms with van der Waals surface area (Å²) in [5.74, 6) is 0. The Labute approximate surface area is 121 Å². The van der Waals surface area contributed by atoms with Crippen molar-refractivity contribution in [1.82, 2.24) is 0 Å². The fourth-order valence-corrected chi connectivity index (χ4v) is 2.74. The number of hydrogen-bond acceptors (Lipinski definition) is 2. The molecule has 0 aliphatic carbocycles. The number of halogens is 1. The third-order valence-electron chi connectivity index (χ3n) is 2.80. The molecule has 0 aromatic heterocycles. The van der Waals surface area contributed by atoms with E-state index in [-0.39, 0.29) is 6.04 Å². The molecule has 2 N–H and O–H groups in total. The van der Waals surface area contributed by atoms with Gasteiger partial charge in [-0.3, -0.25) is 0 Å². The normalized spacial score (nSPS) is 12.4. The van der Waals surface area contributed by atoms with Crippen LogP contribution in [0.3, 0.4) is 0 Å². The van der Waals surface area contributed by atoms with Gasteiger partial charge in [-0.1, -0.05) is 46.7 Å². The molecule has 18 heavy (non-hydrogen) atoms. The molecule has 2 rings (SSSR count). The van der Waals surface area contributed by atoms with Crippen LogP contribution < -0.4 is 5.73 Å². The molecule has 0 saturated heterocycles. The fourth-order valence-electron chi connectivity index (χ4n) is 1.66. The van der Waals surface area contributed by atoms with Crippen LogP contribution >= 0.6 is 27.7 Å². The van der Waals surface area contributed by atoms with E-state index in [0.717, 1.165) is 10.9 Å². The third kappa shape index (κ3) is 3.61. The van der Waals surface area contributed by atoms with Gasteiger partial charge in [-0.15, -0.1) is 0 Å². The molecule has 0 aliphatic heterocycles. The molecule has 3 heteroatoms. The summed E-state index contributed by atoms with van der Waals surface area (Å²) >= 11 is 5.20. The van der Waals surface area contributed by atoms with Gasteiger partial charge in [0.25, 0.3) is 0 Å². The van der Waals surface area contributed by atoms with E-state index in [1.54, 1.807) is 11.8 Å². The Bertz CT molecular complexity index is 493. The molecule has 0 saturated carbocycles. The summed E-state index contributed by atoms with van der Waals surface area (Å²) in [6, 6.07) is 17.0. The lowest BCUT2D eigenvalue weighted by molar-refractivity contribution is 0.698. The van der Waals surface area contributed by atoms with E-state index in [0.29, 0.717) is 0 Å². The summed E-state index contributed by atoms with van der Waals surface area (Å²) in [5.41, 5.74) is 7.21. The van der Waals surface area contributed by atoms with Crippen molar-refractivity contribution >= 4 is 27.7 Å². The van der Waals surface area contributed by atoms with E-state index in [4.69, 9.17) is 5.73 Å². The lowest BCUT2D eigenvalue weighted by Gasteiger charge is -2.09. The predicted molar refractivity (Wildman–Crippen MR) is 81.9 cm³/mol. The van der Waals surface area contributed by atoms with Crippen LogP contribution in [0.15, 0.2) is 62.8 Å². The van der Waals surface area contributed by atoms with E-state index < -0.39 is 0 Å². The minimum atomic E-state index is 0.150. The van der Waals surface area contributed by atoms with E-state index in [1.807, 2.05) is 0 Å². The van der Waals surface area contributed by atoms with Crippen LogP contribution in [0.1, 0.15) is 24.9 Å². The van der Waals surface area contributed by atoms with Crippen LogP contribution in [0.2, 0.25) is 0 Å². The van der Waals surface area contributed by atoms with E-state index in [1.165, 1.54) is 15.4 Å². The number of hydrogen-bond donors (Lipinski definition) is 1. The molecule has 0 amide bonds. The first-order valence-electron chi connectivity index (χ1n) is 5.98. The molecule has 0 aliphatic rings. The van der Waals surface area contributed by atoms with Crippen LogP contribution in [0.5, 0.6) is 0 Å². The van der Waals surface area contributed by atoms with E-state index in [9.17, 15) is 0 Å². The molecule has 0 bridgehead atoms. The van der Waals surface area contributed by atoms with Crippen LogP contribution in [-0.2, 0) is 0 Å². The SMILES string of the molecule is CC[C@H](N)c1ccc(Sc2ccc(Br)cc2)cc1. The van der Waals surface area contributed by atoms with Gasteiger partial charge in [0.15, 0.2) is 0 Å². The first kappa shape index (κ1) is 13.7. The standard InChI is InChI=1S/C15H16BrNS/c1-2-15(17)11-3-7-13(8-4-11)18-14-9-5-12(16)6-10-14/h3-10,15H,2,17H2,1H3/t15-/m0/s1. The monoisotopic (exact) mass is 321 g/mol. The summed E-state index contributed by atoms with van der Waals surface area (Å²) in [7, 11) is 0. The number of rotatable bonds is 4. The third-order valence-corrected chi connectivity index (χ3v) is 4.34. The summed E-state index contributed by atoms with van der Waals surface area (Å²) < 4.78 is 1.11. The summed E-state index contributed by atoms with van der Waals surface area (Å²) in [4.78, 5) is 2.48.